The normalized spacial score (nSPS) is 14.7. The van der Waals surface area contributed by atoms with Crippen LogP contribution in [0.25, 0.3) is 0 Å². The Hall–Kier alpha value is -1.82. The number of hydrogen-bond donors (Lipinski definition) is 3. The quantitative estimate of drug-likeness (QED) is 0.688. The predicted octanol–water partition coefficient (Wildman–Crippen LogP) is 2.82. The van der Waals surface area contributed by atoms with Crippen molar-refractivity contribution in [1.82, 2.24) is 10.6 Å². The molecule has 0 fully saturated rings. The Morgan fingerprint density at radius 2 is 2.09 bits per heavy atom. The number of rotatable bonds is 8. The fraction of sp³-hybridized carbons (Fsp3) is 0.588. The van der Waals surface area contributed by atoms with Gasteiger partial charge in [0.05, 0.1) is 12.2 Å². The monoisotopic (exact) mass is 326 g/mol. The van der Waals surface area contributed by atoms with Crippen molar-refractivity contribution in [3.05, 3.63) is 29.6 Å². The molecule has 0 saturated heterocycles. The summed E-state index contributed by atoms with van der Waals surface area (Å²) in [6.07, 6.45) is 0.821. The second-order valence-electron chi connectivity index (χ2n) is 5.90. The summed E-state index contributed by atoms with van der Waals surface area (Å²) >= 11 is 0. The van der Waals surface area contributed by atoms with E-state index in [1.165, 1.54) is 6.07 Å². The van der Waals surface area contributed by atoms with Gasteiger partial charge in [-0.05, 0) is 37.5 Å². The van der Waals surface area contributed by atoms with Crippen LogP contribution in [0.15, 0.2) is 18.2 Å². The van der Waals surface area contributed by atoms with Gasteiger partial charge in [-0.25, -0.2) is 9.18 Å². The highest BCUT2D eigenvalue weighted by molar-refractivity contribution is 5.73. The maximum atomic E-state index is 13.7. The zero-order valence-electron chi connectivity index (χ0n) is 14.3. The van der Waals surface area contributed by atoms with E-state index in [0.29, 0.717) is 12.2 Å². The fourth-order valence-electron chi connectivity index (χ4n) is 2.04. The molecule has 0 saturated carbocycles. The van der Waals surface area contributed by atoms with Crippen molar-refractivity contribution < 1.29 is 19.0 Å². The van der Waals surface area contributed by atoms with Gasteiger partial charge < -0.3 is 20.5 Å². The SMILES string of the molecule is CCOc1ccc(CNC(=O)NCC(C)(O)C(C)CC)cc1F. The maximum absolute atomic E-state index is 13.7. The lowest BCUT2D eigenvalue weighted by Gasteiger charge is -2.29. The number of halogens is 1. The number of aliphatic hydroxyl groups is 1. The second-order valence-corrected chi connectivity index (χ2v) is 5.90. The average molecular weight is 326 g/mol. The smallest absolute Gasteiger partial charge is 0.315 e. The summed E-state index contributed by atoms with van der Waals surface area (Å²) in [4.78, 5) is 11.8. The highest BCUT2D eigenvalue weighted by Crippen LogP contribution is 2.19. The van der Waals surface area contributed by atoms with Crippen molar-refractivity contribution in [2.45, 2.75) is 46.3 Å². The minimum Gasteiger partial charge on any atom is -0.491 e. The van der Waals surface area contributed by atoms with Crippen LogP contribution in [0.4, 0.5) is 9.18 Å². The van der Waals surface area contributed by atoms with Gasteiger partial charge in [0.2, 0.25) is 0 Å². The van der Waals surface area contributed by atoms with E-state index in [9.17, 15) is 14.3 Å². The van der Waals surface area contributed by atoms with Gasteiger partial charge in [-0.3, -0.25) is 0 Å². The first-order chi connectivity index (χ1) is 10.8. The Bertz CT molecular complexity index is 521. The molecule has 2 amide bonds. The molecule has 0 heterocycles. The molecule has 0 spiro atoms. The highest BCUT2D eigenvalue weighted by atomic mass is 19.1. The van der Waals surface area contributed by atoms with Crippen molar-refractivity contribution in [2.75, 3.05) is 13.2 Å². The highest BCUT2D eigenvalue weighted by Gasteiger charge is 2.27. The zero-order chi connectivity index (χ0) is 17.5. The van der Waals surface area contributed by atoms with Crippen molar-refractivity contribution in [2.24, 2.45) is 5.92 Å². The third kappa shape index (κ3) is 6.06. The van der Waals surface area contributed by atoms with E-state index < -0.39 is 17.4 Å². The molecule has 2 unspecified atom stereocenters. The number of amides is 2. The number of hydrogen-bond acceptors (Lipinski definition) is 3. The molecule has 5 nitrogen and oxygen atoms in total. The minimum atomic E-state index is -0.961. The molecule has 130 valence electrons. The van der Waals surface area contributed by atoms with Crippen LogP contribution in [0.1, 0.15) is 39.7 Å². The predicted molar refractivity (Wildman–Crippen MR) is 87.9 cm³/mol. The van der Waals surface area contributed by atoms with Gasteiger partial charge in [-0.15, -0.1) is 0 Å². The third-order valence-corrected chi connectivity index (χ3v) is 4.03. The first-order valence-electron chi connectivity index (χ1n) is 7.95. The summed E-state index contributed by atoms with van der Waals surface area (Å²) < 4.78 is 18.8. The van der Waals surface area contributed by atoms with Crippen molar-refractivity contribution in [3.8, 4) is 5.75 Å². The van der Waals surface area contributed by atoms with Crippen molar-refractivity contribution >= 4 is 6.03 Å². The zero-order valence-corrected chi connectivity index (χ0v) is 14.3. The number of carbonyl (C=O) groups excluding carboxylic acids is 1. The first-order valence-corrected chi connectivity index (χ1v) is 7.95. The Balaban J connectivity index is 2.46. The number of carbonyl (C=O) groups is 1. The number of ether oxygens (including phenoxy) is 1. The molecule has 0 aliphatic carbocycles. The Morgan fingerprint density at radius 3 is 2.65 bits per heavy atom. The average Bonchev–Trinajstić information content (AvgIpc) is 2.52. The molecule has 23 heavy (non-hydrogen) atoms. The molecular formula is C17H27FN2O3. The lowest BCUT2D eigenvalue weighted by Crippen LogP contribution is -2.47. The molecule has 3 N–H and O–H groups in total. The van der Waals surface area contributed by atoms with Gasteiger partial charge in [0, 0.05) is 13.1 Å². The summed E-state index contributed by atoms with van der Waals surface area (Å²) in [5, 5.41) is 15.5. The largest absolute Gasteiger partial charge is 0.491 e. The van der Waals surface area contributed by atoms with Crippen LogP contribution in [0, 0.1) is 11.7 Å². The van der Waals surface area contributed by atoms with Gasteiger partial charge in [0.1, 0.15) is 0 Å². The standard InChI is InChI=1S/C17H27FN2O3/c1-5-12(3)17(4,22)11-20-16(21)19-10-13-7-8-15(23-6-2)14(18)9-13/h7-9,12,22H,5-6,10-11H2,1-4H3,(H2,19,20,21). The van der Waals surface area contributed by atoms with Gasteiger partial charge in [0.25, 0.3) is 0 Å². The molecule has 0 aliphatic heterocycles. The van der Waals surface area contributed by atoms with E-state index in [1.807, 2.05) is 13.8 Å². The number of benzene rings is 1. The van der Waals surface area contributed by atoms with Crippen LogP contribution >= 0.6 is 0 Å². The molecule has 0 radical (unpaired) electrons. The van der Waals surface area contributed by atoms with Gasteiger partial charge in [0.15, 0.2) is 11.6 Å². The topological polar surface area (TPSA) is 70.6 Å². The lowest BCUT2D eigenvalue weighted by molar-refractivity contribution is 0.00790. The molecule has 0 aromatic heterocycles. The van der Waals surface area contributed by atoms with Gasteiger partial charge >= 0.3 is 6.03 Å². The molecule has 1 aromatic carbocycles. The molecule has 1 aromatic rings. The Morgan fingerprint density at radius 1 is 1.39 bits per heavy atom. The van der Waals surface area contributed by atoms with Crippen molar-refractivity contribution in [3.63, 3.8) is 0 Å². The Kier molecular flexibility index (Phi) is 7.29. The second kappa shape index (κ2) is 8.72. The first kappa shape index (κ1) is 19.2. The number of urea groups is 1. The molecule has 0 bridgehead atoms. The molecular weight excluding hydrogens is 299 g/mol. The van der Waals surface area contributed by atoms with Crippen LogP contribution in [-0.2, 0) is 6.54 Å². The van der Waals surface area contributed by atoms with E-state index in [4.69, 9.17) is 4.74 Å². The van der Waals surface area contributed by atoms with E-state index in [2.05, 4.69) is 10.6 Å². The van der Waals surface area contributed by atoms with Crippen LogP contribution < -0.4 is 15.4 Å². The molecule has 1 rings (SSSR count). The summed E-state index contributed by atoms with van der Waals surface area (Å²) in [6, 6.07) is 4.18. The maximum Gasteiger partial charge on any atom is 0.315 e. The Labute approximate surface area is 137 Å². The van der Waals surface area contributed by atoms with E-state index >= 15 is 0 Å². The van der Waals surface area contributed by atoms with Gasteiger partial charge in [-0.1, -0.05) is 26.3 Å². The minimum absolute atomic E-state index is 0.0722. The van der Waals surface area contributed by atoms with Crippen LogP contribution in [0.5, 0.6) is 5.75 Å². The summed E-state index contributed by atoms with van der Waals surface area (Å²) in [6.45, 7) is 8.15. The molecule has 6 heteroatoms. The van der Waals surface area contributed by atoms with Crippen molar-refractivity contribution in [1.29, 1.82) is 0 Å². The molecule has 0 aliphatic rings. The van der Waals surface area contributed by atoms with Crippen LogP contribution in [0.2, 0.25) is 0 Å². The summed E-state index contributed by atoms with van der Waals surface area (Å²) in [7, 11) is 0. The van der Waals surface area contributed by atoms with Crippen LogP contribution in [-0.4, -0.2) is 29.9 Å². The molecule has 2 atom stereocenters. The van der Waals surface area contributed by atoms with E-state index in [0.717, 1.165) is 6.42 Å². The third-order valence-electron chi connectivity index (χ3n) is 4.03. The number of nitrogens with one attached hydrogen (secondary N) is 2. The summed E-state index contributed by atoms with van der Waals surface area (Å²) in [5.74, 6) is -0.181. The van der Waals surface area contributed by atoms with Crippen LogP contribution in [0.3, 0.4) is 0 Å². The lowest BCUT2D eigenvalue weighted by atomic mass is 9.89. The summed E-state index contributed by atoms with van der Waals surface area (Å²) in [5.41, 5.74) is -0.327. The van der Waals surface area contributed by atoms with E-state index in [1.54, 1.807) is 26.0 Å². The fourth-order valence-corrected chi connectivity index (χ4v) is 2.04. The van der Waals surface area contributed by atoms with E-state index in [-0.39, 0.29) is 24.8 Å². The van der Waals surface area contributed by atoms with Gasteiger partial charge in [-0.2, -0.15) is 0 Å².